The molecule has 1 aliphatic rings. The first-order valence-electron chi connectivity index (χ1n) is 5.58. The fraction of sp³-hybridized carbons (Fsp3) is 1.00. The molecule has 0 amide bonds. The molecule has 1 heterocycles. The maximum absolute atomic E-state index is 5.75. The van der Waals surface area contributed by atoms with Crippen molar-refractivity contribution in [1.82, 2.24) is 0 Å². The van der Waals surface area contributed by atoms with Crippen molar-refractivity contribution in [3.05, 3.63) is 0 Å². The van der Waals surface area contributed by atoms with E-state index in [0.29, 0.717) is 19.6 Å². The van der Waals surface area contributed by atoms with Gasteiger partial charge in [-0.05, 0) is 6.92 Å². The fourth-order valence-corrected chi connectivity index (χ4v) is 2.02. The maximum Gasteiger partial charge on any atom is 0.160 e. The minimum atomic E-state index is -0.235. The van der Waals surface area contributed by atoms with Gasteiger partial charge in [-0.2, -0.15) is 0 Å². The number of rotatable bonds is 6. The van der Waals surface area contributed by atoms with E-state index >= 15 is 0 Å². The van der Waals surface area contributed by atoms with Crippen LogP contribution in [0.1, 0.15) is 13.3 Å². The number of hydrogen-bond donors (Lipinski definition) is 0. The van der Waals surface area contributed by atoms with Crippen molar-refractivity contribution in [3.8, 4) is 0 Å². The second-order valence-electron chi connectivity index (χ2n) is 3.72. The molecule has 4 atom stereocenters. The Balaban J connectivity index is 2.62. The van der Waals surface area contributed by atoms with Crippen LogP contribution in [-0.4, -0.2) is 59.1 Å². The highest BCUT2D eigenvalue weighted by molar-refractivity contribution is 4.85. The van der Waals surface area contributed by atoms with Crippen LogP contribution in [0.25, 0.3) is 0 Å². The largest absolute Gasteiger partial charge is 0.382 e. The Morgan fingerprint density at radius 2 is 1.94 bits per heavy atom. The average molecular weight is 234 g/mol. The molecule has 0 aromatic heterocycles. The van der Waals surface area contributed by atoms with Crippen molar-refractivity contribution in [2.75, 3.05) is 34.5 Å². The van der Waals surface area contributed by atoms with Crippen LogP contribution in [0.2, 0.25) is 0 Å². The Hall–Kier alpha value is -0.200. The Morgan fingerprint density at radius 3 is 2.44 bits per heavy atom. The molecular weight excluding hydrogens is 212 g/mol. The molecule has 0 N–H and O–H groups in total. The van der Waals surface area contributed by atoms with Gasteiger partial charge in [0.2, 0.25) is 0 Å². The van der Waals surface area contributed by atoms with Gasteiger partial charge in [-0.1, -0.05) is 0 Å². The molecule has 1 saturated heterocycles. The van der Waals surface area contributed by atoms with Gasteiger partial charge in [-0.3, -0.25) is 0 Å². The summed E-state index contributed by atoms with van der Waals surface area (Å²) in [6.07, 6.45) is 0.173. The summed E-state index contributed by atoms with van der Waals surface area (Å²) in [4.78, 5) is 0. The standard InChI is InChI=1S/C11H22O5/c1-5-15-10-6-8(13-3)11(14-4)9(16-10)7-12-2/h8-11H,5-7H2,1-4H3/t8-,9-,10+,11+/m1/s1. The summed E-state index contributed by atoms with van der Waals surface area (Å²) in [5.41, 5.74) is 0. The molecule has 1 rings (SSSR count). The van der Waals surface area contributed by atoms with E-state index in [1.807, 2.05) is 6.92 Å². The maximum atomic E-state index is 5.75. The number of hydrogen-bond acceptors (Lipinski definition) is 5. The molecule has 0 aliphatic carbocycles. The molecule has 1 aliphatic heterocycles. The lowest BCUT2D eigenvalue weighted by atomic mass is 10.0. The van der Waals surface area contributed by atoms with E-state index in [0.717, 1.165) is 0 Å². The Bertz CT molecular complexity index is 187. The topological polar surface area (TPSA) is 46.2 Å². The van der Waals surface area contributed by atoms with E-state index in [-0.39, 0.29) is 24.6 Å². The Morgan fingerprint density at radius 1 is 1.19 bits per heavy atom. The fourth-order valence-electron chi connectivity index (χ4n) is 2.02. The molecule has 16 heavy (non-hydrogen) atoms. The average Bonchev–Trinajstić information content (AvgIpc) is 2.29. The van der Waals surface area contributed by atoms with Gasteiger partial charge in [0.1, 0.15) is 12.2 Å². The van der Waals surface area contributed by atoms with Crippen molar-refractivity contribution >= 4 is 0 Å². The van der Waals surface area contributed by atoms with Crippen LogP contribution >= 0.6 is 0 Å². The summed E-state index contributed by atoms with van der Waals surface area (Å²) < 4.78 is 27.1. The summed E-state index contributed by atoms with van der Waals surface area (Å²) in [6.45, 7) is 3.04. The van der Waals surface area contributed by atoms with Crippen molar-refractivity contribution in [2.24, 2.45) is 0 Å². The molecule has 0 aromatic carbocycles. The van der Waals surface area contributed by atoms with Crippen molar-refractivity contribution < 1.29 is 23.7 Å². The van der Waals surface area contributed by atoms with Gasteiger partial charge >= 0.3 is 0 Å². The van der Waals surface area contributed by atoms with Crippen LogP contribution in [0.4, 0.5) is 0 Å². The normalized spacial score (nSPS) is 35.2. The molecule has 0 unspecified atom stereocenters. The van der Waals surface area contributed by atoms with Crippen LogP contribution in [0.3, 0.4) is 0 Å². The summed E-state index contributed by atoms with van der Waals surface area (Å²) in [5, 5.41) is 0. The van der Waals surface area contributed by atoms with Crippen LogP contribution in [0.15, 0.2) is 0 Å². The third-order valence-corrected chi connectivity index (χ3v) is 2.74. The number of ether oxygens (including phenoxy) is 5. The monoisotopic (exact) mass is 234 g/mol. The Kier molecular flexibility index (Phi) is 6.23. The highest BCUT2D eigenvalue weighted by atomic mass is 16.7. The SMILES string of the molecule is CCO[C@@H]1C[C@@H](OC)[C@H](OC)[C@@H](COC)O1. The van der Waals surface area contributed by atoms with E-state index in [4.69, 9.17) is 23.7 Å². The molecule has 1 fully saturated rings. The molecule has 0 aromatic rings. The highest BCUT2D eigenvalue weighted by Gasteiger charge is 2.39. The lowest BCUT2D eigenvalue weighted by Gasteiger charge is -2.39. The zero-order valence-corrected chi connectivity index (χ0v) is 10.5. The van der Waals surface area contributed by atoms with Gasteiger partial charge < -0.3 is 23.7 Å². The van der Waals surface area contributed by atoms with Crippen LogP contribution in [0, 0.1) is 0 Å². The molecule has 0 saturated carbocycles. The lowest BCUT2D eigenvalue weighted by Crippen LogP contribution is -2.52. The molecule has 96 valence electrons. The van der Waals surface area contributed by atoms with Gasteiger partial charge in [0, 0.05) is 34.4 Å². The van der Waals surface area contributed by atoms with Gasteiger partial charge in [-0.15, -0.1) is 0 Å². The molecule has 5 nitrogen and oxygen atoms in total. The van der Waals surface area contributed by atoms with E-state index in [9.17, 15) is 0 Å². The van der Waals surface area contributed by atoms with Gasteiger partial charge in [0.15, 0.2) is 6.29 Å². The third-order valence-electron chi connectivity index (χ3n) is 2.74. The molecule has 0 spiro atoms. The van der Waals surface area contributed by atoms with Crippen molar-refractivity contribution in [1.29, 1.82) is 0 Å². The zero-order chi connectivity index (χ0) is 12.0. The summed E-state index contributed by atoms with van der Waals surface area (Å²) in [7, 11) is 4.97. The smallest absolute Gasteiger partial charge is 0.160 e. The van der Waals surface area contributed by atoms with Crippen LogP contribution < -0.4 is 0 Å². The van der Waals surface area contributed by atoms with Crippen LogP contribution in [-0.2, 0) is 23.7 Å². The van der Waals surface area contributed by atoms with E-state index < -0.39 is 0 Å². The second-order valence-corrected chi connectivity index (χ2v) is 3.72. The second kappa shape index (κ2) is 7.19. The zero-order valence-electron chi connectivity index (χ0n) is 10.5. The summed E-state index contributed by atoms with van der Waals surface area (Å²) in [5.74, 6) is 0. The predicted octanol–water partition coefficient (Wildman–Crippen LogP) is 0.814. The minimum Gasteiger partial charge on any atom is -0.382 e. The van der Waals surface area contributed by atoms with Gasteiger partial charge in [-0.25, -0.2) is 0 Å². The first-order valence-corrected chi connectivity index (χ1v) is 5.58. The predicted molar refractivity (Wildman–Crippen MR) is 58.4 cm³/mol. The van der Waals surface area contributed by atoms with Crippen molar-refractivity contribution in [2.45, 2.75) is 37.9 Å². The van der Waals surface area contributed by atoms with E-state index in [1.54, 1.807) is 21.3 Å². The van der Waals surface area contributed by atoms with E-state index in [2.05, 4.69) is 0 Å². The highest BCUT2D eigenvalue weighted by Crippen LogP contribution is 2.25. The van der Waals surface area contributed by atoms with E-state index in [1.165, 1.54) is 0 Å². The third kappa shape index (κ3) is 3.40. The van der Waals surface area contributed by atoms with Gasteiger partial charge in [0.25, 0.3) is 0 Å². The first-order chi connectivity index (χ1) is 7.76. The quantitative estimate of drug-likeness (QED) is 0.680. The molecule has 0 radical (unpaired) electrons. The summed E-state index contributed by atoms with van der Waals surface area (Å²) in [6, 6.07) is 0. The lowest BCUT2D eigenvalue weighted by molar-refractivity contribution is -0.265. The van der Waals surface area contributed by atoms with Crippen LogP contribution in [0.5, 0.6) is 0 Å². The minimum absolute atomic E-state index is 0.0181. The van der Waals surface area contributed by atoms with Gasteiger partial charge in [0.05, 0.1) is 12.7 Å². The molecular formula is C11H22O5. The molecule has 5 heteroatoms. The number of methoxy groups -OCH3 is 3. The van der Waals surface area contributed by atoms with Crippen molar-refractivity contribution in [3.63, 3.8) is 0 Å². The molecule has 0 bridgehead atoms. The Labute approximate surface area is 97.0 Å². The first kappa shape index (κ1) is 13.9. The summed E-state index contributed by atoms with van der Waals surface area (Å²) >= 11 is 0.